The molecule has 2 atom stereocenters. The van der Waals surface area contributed by atoms with Gasteiger partial charge in [0.15, 0.2) is 0 Å². The minimum absolute atomic E-state index is 0.00396. The number of primary amides is 1. The van der Waals surface area contributed by atoms with Gasteiger partial charge in [-0.3, -0.25) is 4.79 Å². The normalized spacial score (nSPS) is 22.1. The van der Waals surface area contributed by atoms with Gasteiger partial charge < -0.3 is 26.2 Å². The molecule has 0 aromatic rings. The molecule has 1 aliphatic heterocycles. The molecule has 0 aliphatic carbocycles. The lowest BCUT2D eigenvalue weighted by atomic mass is 10.3. The van der Waals surface area contributed by atoms with Crippen LogP contribution in [0.4, 0.5) is 4.79 Å². The second kappa shape index (κ2) is 5.52. The van der Waals surface area contributed by atoms with Crippen LogP contribution in [0.25, 0.3) is 0 Å². The molecule has 1 heterocycles. The first-order valence-corrected chi connectivity index (χ1v) is 4.69. The van der Waals surface area contributed by atoms with Crippen molar-refractivity contribution in [3.63, 3.8) is 0 Å². The Morgan fingerprint density at radius 2 is 2.33 bits per heavy atom. The van der Waals surface area contributed by atoms with E-state index < -0.39 is 18.0 Å². The molecule has 1 aliphatic rings. The third-order valence-electron chi connectivity index (χ3n) is 2.05. The zero-order valence-corrected chi connectivity index (χ0v) is 8.23. The van der Waals surface area contributed by atoms with Crippen LogP contribution < -0.4 is 16.4 Å². The zero-order chi connectivity index (χ0) is 11.3. The lowest BCUT2D eigenvalue weighted by Crippen LogP contribution is -2.47. The lowest BCUT2D eigenvalue weighted by Gasteiger charge is -2.13. The van der Waals surface area contributed by atoms with Crippen LogP contribution in [0.1, 0.15) is 6.42 Å². The van der Waals surface area contributed by atoms with E-state index in [-0.39, 0.29) is 12.6 Å². The van der Waals surface area contributed by atoms with Crippen LogP contribution in [-0.4, -0.2) is 48.9 Å². The standard InChI is InChI=1S/C8H15N3O4/c9-7(13)6(12)3-10-8(14)11-5-1-2-15-4-5/h5-6,12H,1-4H2,(H2,9,13)(H2,10,11,14). The van der Waals surface area contributed by atoms with Crippen LogP contribution in [0.5, 0.6) is 0 Å². The third-order valence-corrected chi connectivity index (χ3v) is 2.05. The summed E-state index contributed by atoms with van der Waals surface area (Å²) in [6.45, 7) is 0.940. The van der Waals surface area contributed by atoms with Gasteiger partial charge in [0.05, 0.1) is 19.2 Å². The molecule has 86 valence electrons. The number of urea groups is 1. The molecule has 7 nitrogen and oxygen atoms in total. The van der Waals surface area contributed by atoms with Crippen molar-refractivity contribution in [1.29, 1.82) is 0 Å². The topological polar surface area (TPSA) is 114 Å². The van der Waals surface area contributed by atoms with E-state index in [0.717, 1.165) is 6.42 Å². The summed E-state index contributed by atoms with van der Waals surface area (Å²) in [6.07, 6.45) is -0.582. The molecule has 15 heavy (non-hydrogen) atoms. The van der Waals surface area contributed by atoms with E-state index in [1.54, 1.807) is 0 Å². The summed E-state index contributed by atoms with van der Waals surface area (Å²) >= 11 is 0. The molecule has 2 unspecified atom stereocenters. The van der Waals surface area contributed by atoms with Crippen molar-refractivity contribution < 1.29 is 19.4 Å². The number of rotatable bonds is 4. The molecule has 0 radical (unpaired) electrons. The van der Waals surface area contributed by atoms with Crippen molar-refractivity contribution in [2.45, 2.75) is 18.6 Å². The number of carbonyl (C=O) groups excluding carboxylic acids is 2. The molecule has 0 saturated carbocycles. The summed E-state index contributed by atoms with van der Waals surface area (Å²) in [5.74, 6) is -0.862. The van der Waals surface area contributed by atoms with Crippen LogP contribution in [0.15, 0.2) is 0 Å². The first-order chi connectivity index (χ1) is 7.09. The van der Waals surface area contributed by atoms with E-state index in [1.807, 2.05) is 0 Å². The van der Waals surface area contributed by atoms with Gasteiger partial charge in [-0.15, -0.1) is 0 Å². The van der Waals surface area contributed by atoms with Crippen LogP contribution in [0.2, 0.25) is 0 Å². The second-order valence-corrected chi connectivity index (χ2v) is 3.33. The summed E-state index contributed by atoms with van der Waals surface area (Å²) < 4.78 is 5.06. The highest BCUT2D eigenvalue weighted by Crippen LogP contribution is 2.02. The fraction of sp³-hybridized carbons (Fsp3) is 0.750. The van der Waals surface area contributed by atoms with Crippen molar-refractivity contribution in [2.75, 3.05) is 19.8 Å². The molecule has 5 N–H and O–H groups in total. The van der Waals surface area contributed by atoms with Crippen LogP contribution in [-0.2, 0) is 9.53 Å². The predicted octanol–water partition coefficient (Wildman–Crippen LogP) is -2.08. The molecule has 3 amide bonds. The van der Waals surface area contributed by atoms with Crippen LogP contribution in [0.3, 0.4) is 0 Å². The smallest absolute Gasteiger partial charge is 0.315 e. The molecule has 1 saturated heterocycles. The van der Waals surface area contributed by atoms with Gasteiger partial charge >= 0.3 is 6.03 Å². The molecular weight excluding hydrogens is 202 g/mol. The maximum absolute atomic E-state index is 11.2. The largest absolute Gasteiger partial charge is 0.381 e. The summed E-state index contributed by atoms with van der Waals surface area (Å²) in [5, 5.41) is 14.0. The predicted molar refractivity (Wildman–Crippen MR) is 51.0 cm³/mol. The quantitative estimate of drug-likeness (QED) is 0.432. The minimum Gasteiger partial charge on any atom is -0.381 e. The van der Waals surface area contributed by atoms with E-state index in [9.17, 15) is 9.59 Å². The van der Waals surface area contributed by atoms with Crippen molar-refractivity contribution >= 4 is 11.9 Å². The SMILES string of the molecule is NC(=O)C(O)CNC(=O)NC1CCOC1. The number of nitrogens with two attached hydrogens (primary N) is 1. The van der Waals surface area contributed by atoms with Gasteiger partial charge in [-0.2, -0.15) is 0 Å². The fourth-order valence-electron chi connectivity index (χ4n) is 1.17. The maximum Gasteiger partial charge on any atom is 0.315 e. The lowest BCUT2D eigenvalue weighted by molar-refractivity contribution is -0.125. The Kier molecular flexibility index (Phi) is 4.32. The number of amides is 3. The van der Waals surface area contributed by atoms with Crippen molar-refractivity contribution in [1.82, 2.24) is 10.6 Å². The Bertz CT molecular complexity index is 240. The van der Waals surface area contributed by atoms with Crippen molar-refractivity contribution in [3.8, 4) is 0 Å². The van der Waals surface area contributed by atoms with Gasteiger partial charge in [-0.05, 0) is 6.42 Å². The minimum atomic E-state index is -1.35. The summed E-state index contributed by atoms with van der Waals surface area (Å²) in [4.78, 5) is 21.6. The Hall–Kier alpha value is -1.34. The summed E-state index contributed by atoms with van der Waals surface area (Å²) in [7, 11) is 0. The van der Waals surface area contributed by atoms with Gasteiger partial charge in [0.2, 0.25) is 5.91 Å². The van der Waals surface area contributed by atoms with Crippen LogP contribution in [0, 0.1) is 0 Å². The zero-order valence-electron chi connectivity index (χ0n) is 8.23. The number of aliphatic hydroxyl groups is 1. The van der Waals surface area contributed by atoms with Crippen molar-refractivity contribution in [3.05, 3.63) is 0 Å². The summed E-state index contributed by atoms with van der Waals surface area (Å²) in [5.41, 5.74) is 4.81. The van der Waals surface area contributed by atoms with Gasteiger partial charge in [0.1, 0.15) is 6.10 Å². The first kappa shape index (κ1) is 11.7. The molecule has 0 bridgehead atoms. The molecule has 1 fully saturated rings. The van der Waals surface area contributed by atoms with E-state index in [1.165, 1.54) is 0 Å². The highest BCUT2D eigenvalue weighted by atomic mass is 16.5. The maximum atomic E-state index is 11.2. The second-order valence-electron chi connectivity index (χ2n) is 3.33. The highest BCUT2D eigenvalue weighted by Gasteiger charge is 2.18. The van der Waals surface area contributed by atoms with E-state index in [4.69, 9.17) is 15.6 Å². The molecular formula is C8H15N3O4. The van der Waals surface area contributed by atoms with E-state index in [0.29, 0.717) is 13.2 Å². The highest BCUT2D eigenvalue weighted by molar-refractivity contribution is 5.80. The first-order valence-electron chi connectivity index (χ1n) is 4.69. The molecule has 0 spiro atoms. The molecule has 7 heteroatoms. The number of hydrogen-bond donors (Lipinski definition) is 4. The number of aliphatic hydroxyl groups excluding tert-OH is 1. The van der Waals surface area contributed by atoms with Gasteiger partial charge in [0.25, 0.3) is 0 Å². The van der Waals surface area contributed by atoms with Crippen molar-refractivity contribution in [2.24, 2.45) is 5.73 Å². The van der Waals surface area contributed by atoms with E-state index >= 15 is 0 Å². The Morgan fingerprint density at radius 3 is 2.87 bits per heavy atom. The molecule has 1 rings (SSSR count). The fourth-order valence-corrected chi connectivity index (χ4v) is 1.17. The monoisotopic (exact) mass is 217 g/mol. The number of ether oxygens (including phenoxy) is 1. The Morgan fingerprint density at radius 1 is 1.60 bits per heavy atom. The van der Waals surface area contributed by atoms with Crippen LogP contribution >= 0.6 is 0 Å². The summed E-state index contributed by atoms with van der Waals surface area (Å²) in [6, 6.07) is -0.443. The number of carbonyl (C=O) groups is 2. The van der Waals surface area contributed by atoms with Gasteiger partial charge in [0, 0.05) is 6.61 Å². The average molecular weight is 217 g/mol. The van der Waals surface area contributed by atoms with Gasteiger partial charge in [-0.1, -0.05) is 0 Å². The van der Waals surface area contributed by atoms with E-state index in [2.05, 4.69) is 10.6 Å². The molecule has 0 aromatic carbocycles. The number of nitrogens with one attached hydrogen (secondary N) is 2. The Balaban J connectivity index is 2.15. The average Bonchev–Trinajstić information content (AvgIpc) is 2.66. The Labute approximate surface area is 87.0 Å². The molecule has 0 aromatic heterocycles. The number of hydrogen-bond acceptors (Lipinski definition) is 4. The van der Waals surface area contributed by atoms with Gasteiger partial charge in [-0.25, -0.2) is 4.79 Å². The third kappa shape index (κ3) is 4.13.